The molecule has 1 aromatic heterocycles. The molecule has 22 heavy (non-hydrogen) atoms. The third-order valence-corrected chi connectivity index (χ3v) is 6.18. The van der Waals surface area contributed by atoms with Gasteiger partial charge < -0.3 is 15.0 Å². The van der Waals surface area contributed by atoms with E-state index < -0.39 is 0 Å². The summed E-state index contributed by atoms with van der Waals surface area (Å²) in [4.78, 5) is 6.20. The zero-order valence-electron chi connectivity index (χ0n) is 12.6. The zero-order chi connectivity index (χ0) is 15.4. The number of piperazine rings is 1. The number of hydrogen-bond acceptors (Lipinski definition) is 4. The molecule has 2 aliphatic heterocycles. The summed E-state index contributed by atoms with van der Waals surface area (Å²) in [5, 5.41) is 4.26. The van der Waals surface area contributed by atoms with Crippen LogP contribution in [0.15, 0.2) is 15.9 Å². The quantitative estimate of drug-likeness (QED) is 0.780. The van der Waals surface area contributed by atoms with E-state index in [0.717, 1.165) is 57.4 Å². The van der Waals surface area contributed by atoms with E-state index in [2.05, 4.69) is 43.2 Å². The molecule has 1 atom stereocenters. The topological polar surface area (TPSA) is 27.7 Å². The van der Waals surface area contributed by atoms with Gasteiger partial charge in [-0.05, 0) is 53.1 Å². The Bertz CT molecular complexity index is 497. The van der Waals surface area contributed by atoms with Crippen LogP contribution in [0.2, 0.25) is 0 Å². The maximum absolute atomic E-state index is 5.62. The number of rotatable bonds is 4. The molecule has 1 aromatic rings. The Morgan fingerprint density at radius 2 is 2.18 bits per heavy atom. The number of nitrogens with zero attached hydrogens (tertiary/aromatic N) is 2. The Hall–Kier alpha value is -0.210. The van der Waals surface area contributed by atoms with Gasteiger partial charge in [-0.15, -0.1) is 11.3 Å². The van der Waals surface area contributed by atoms with Gasteiger partial charge in [-0.3, -0.25) is 4.90 Å². The summed E-state index contributed by atoms with van der Waals surface area (Å²) in [5.41, 5.74) is 0. The van der Waals surface area contributed by atoms with Crippen molar-refractivity contribution in [1.82, 2.24) is 15.1 Å². The second kappa shape index (κ2) is 8.06. The van der Waals surface area contributed by atoms with E-state index in [1.165, 1.54) is 15.1 Å². The smallest absolute Gasteiger partial charge is 0.169 e. The number of nitrogens with one attached hydrogen (secondary N) is 1. The Morgan fingerprint density at radius 1 is 1.36 bits per heavy atom. The van der Waals surface area contributed by atoms with Crippen LogP contribution in [0.1, 0.15) is 17.7 Å². The fourth-order valence-corrected chi connectivity index (χ4v) is 4.68. The molecule has 0 aromatic carbocycles. The fourth-order valence-electron chi connectivity index (χ4n) is 2.88. The molecule has 2 fully saturated rings. The zero-order valence-corrected chi connectivity index (χ0v) is 15.8. The number of hydrogen-bond donors (Lipinski definition) is 1. The van der Waals surface area contributed by atoms with Gasteiger partial charge in [0.15, 0.2) is 5.11 Å². The lowest BCUT2D eigenvalue weighted by atomic mass is 10.2. The van der Waals surface area contributed by atoms with Gasteiger partial charge in [0.1, 0.15) is 0 Å². The first-order valence-electron chi connectivity index (χ1n) is 7.81. The van der Waals surface area contributed by atoms with Crippen molar-refractivity contribution in [2.24, 2.45) is 0 Å². The van der Waals surface area contributed by atoms with Crippen LogP contribution in [-0.4, -0.2) is 60.3 Å². The average Bonchev–Trinajstić information content (AvgIpc) is 3.17. The van der Waals surface area contributed by atoms with Crippen LogP contribution in [0.4, 0.5) is 0 Å². The molecule has 0 bridgehead atoms. The van der Waals surface area contributed by atoms with E-state index >= 15 is 0 Å². The first kappa shape index (κ1) is 16.6. The van der Waals surface area contributed by atoms with E-state index in [1.807, 2.05) is 11.3 Å². The number of ether oxygens (including phenoxy) is 1. The Morgan fingerprint density at radius 3 is 2.82 bits per heavy atom. The van der Waals surface area contributed by atoms with Crippen molar-refractivity contribution in [2.75, 3.05) is 39.3 Å². The Balaban J connectivity index is 1.38. The molecule has 0 amide bonds. The summed E-state index contributed by atoms with van der Waals surface area (Å²) in [5.74, 6) is 0. The van der Waals surface area contributed by atoms with Crippen molar-refractivity contribution in [3.63, 3.8) is 0 Å². The van der Waals surface area contributed by atoms with Crippen LogP contribution in [0.3, 0.4) is 0 Å². The summed E-state index contributed by atoms with van der Waals surface area (Å²) in [6, 6.07) is 4.33. The van der Waals surface area contributed by atoms with Crippen molar-refractivity contribution in [3.8, 4) is 0 Å². The van der Waals surface area contributed by atoms with Crippen LogP contribution >= 0.6 is 39.5 Å². The van der Waals surface area contributed by atoms with Crippen molar-refractivity contribution >= 4 is 44.6 Å². The highest BCUT2D eigenvalue weighted by atomic mass is 79.9. The van der Waals surface area contributed by atoms with Crippen LogP contribution < -0.4 is 5.32 Å². The Labute approximate surface area is 149 Å². The van der Waals surface area contributed by atoms with E-state index in [-0.39, 0.29) is 0 Å². The largest absolute Gasteiger partial charge is 0.376 e. The SMILES string of the molecule is S=C(NC[C@@H]1CCCO1)N1CCN(Cc2ccc(Br)s2)CC1. The normalized spacial score (nSPS) is 23.0. The highest BCUT2D eigenvalue weighted by molar-refractivity contribution is 9.11. The van der Waals surface area contributed by atoms with Gasteiger partial charge in [0.05, 0.1) is 9.89 Å². The molecular weight excluding hydrogens is 382 g/mol. The standard InChI is InChI=1S/C15H22BrN3OS2/c16-14-4-3-13(22-14)11-18-5-7-19(8-6-18)15(21)17-10-12-2-1-9-20-12/h3-4,12H,1-2,5-11H2,(H,17,21)/t12-/m0/s1. The van der Waals surface area contributed by atoms with E-state index in [4.69, 9.17) is 17.0 Å². The molecule has 2 aliphatic rings. The maximum Gasteiger partial charge on any atom is 0.169 e. The summed E-state index contributed by atoms with van der Waals surface area (Å²) >= 11 is 10.9. The molecule has 0 unspecified atom stereocenters. The summed E-state index contributed by atoms with van der Waals surface area (Å²) in [6.07, 6.45) is 2.67. The van der Waals surface area contributed by atoms with E-state index in [1.54, 1.807) is 0 Å². The van der Waals surface area contributed by atoms with Crippen LogP contribution in [-0.2, 0) is 11.3 Å². The van der Waals surface area contributed by atoms with Gasteiger partial charge in [0.25, 0.3) is 0 Å². The molecule has 2 saturated heterocycles. The molecule has 0 spiro atoms. The third kappa shape index (κ3) is 4.64. The molecule has 0 aliphatic carbocycles. The second-order valence-corrected chi connectivity index (χ2v) is 8.72. The van der Waals surface area contributed by atoms with Gasteiger partial charge in [0.2, 0.25) is 0 Å². The lowest BCUT2D eigenvalue weighted by Crippen LogP contribution is -2.52. The molecule has 0 radical (unpaired) electrons. The fraction of sp³-hybridized carbons (Fsp3) is 0.667. The lowest BCUT2D eigenvalue weighted by molar-refractivity contribution is 0.112. The number of thiophene rings is 1. The Kier molecular flexibility index (Phi) is 6.09. The molecular formula is C15H22BrN3OS2. The van der Waals surface area contributed by atoms with Gasteiger partial charge in [0, 0.05) is 50.8 Å². The highest BCUT2D eigenvalue weighted by Crippen LogP contribution is 2.23. The van der Waals surface area contributed by atoms with Crippen molar-refractivity contribution < 1.29 is 4.74 Å². The summed E-state index contributed by atoms with van der Waals surface area (Å²) < 4.78 is 6.83. The highest BCUT2D eigenvalue weighted by Gasteiger charge is 2.21. The molecule has 0 saturated carbocycles. The van der Waals surface area contributed by atoms with Crippen molar-refractivity contribution in [3.05, 3.63) is 20.8 Å². The first-order valence-corrected chi connectivity index (χ1v) is 9.83. The molecule has 7 heteroatoms. The number of thiocarbonyl (C=S) groups is 1. The summed E-state index contributed by atoms with van der Waals surface area (Å²) in [7, 11) is 0. The maximum atomic E-state index is 5.62. The minimum Gasteiger partial charge on any atom is -0.376 e. The minimum atomic E-state index is 0.344. The minimum absolute atomic E-state index is 0.344. The molecule has 1 N–H and O–H groups in total. The molecule has 3 rings (SSSR count). The van der Waals surface area contributed by atoms with Gasteiger partial charge in [-0.2, -0.15) is 0 Å². The molecule has 122 valence electrons. The van der Waals surface area contributed by atoms with Gasteiger partial charge in [-0.25, -0.2) is 0 Å². The lowest BCUT2D eigenvalue weighted by Gasteiger charge is -2.36. The predicted octanol–water partition coefficient (Wildman–Crippen LogP) is 2.68. The van der Waals surface area contributed by atoms with Gasteiger partial charge >= 0.3 is 0 Å². The first-order chi connectivity index (χ1) is 10.7. The van der Waals surface area contributed by atoms with E-state index in [9.17, 15) is 0 Å². The molecule has 3 heterocycles. The third-order valence-electron chi connectivity index (χ3n) is 4.17. The number of halogens is 1. The van der Waals surface area contributed by atoms with Crippen LogP contribution in [0.25, 0.3) is 0 Å². The monoisotopic (exact) mass is 403 g/mol. The van der Waals surface area contributed by atoms with Crippen LogP contribution in [0.5, 0.6) is 0 Å². The van der Waals surface area contributed by atoms with Crippen molar-refractivity contribution in [1.29, 1.82) is 0 Å². The van der Waals surface area contributed by atoms with Crippen LogP contribution in [0, 0.1) is 0 Å². The average molecular weight is 404 g/mol. The molecule has 4 nitrogen and oxygen atoms in total. The predicted molar refractivity (Wildman–Crippen MR) is 98.4 cm³/mol. The van der Waals surface area contributed by atoms with Gasteiger partial charge in [-0.1, -0.05) is 0 Å². The van der Waals surface area contributed by atoms with Crippen molar-refractivity contribution in [2.45, 2.75) is 25.5 Å². The second-order valence-electron chi connectivity index (χ2n) is 5.79. The summed E-state index contributed by atoms with van der Waals surface area (Å²) in [6.45, 7) is 6.93. The van der Waals surface area contributed by atoms with E-state index in [0.29, 0.717) is 6.10 Å².